The summed E-state index contributed by atoms with van der Waals surface area (Å²) in [6.07, 6.45) is 10.5. The molecule has 2 fully saturated rings. The molecule has 1 unspecified atom stereocenters. The zero-order valence-corrected chi connectivity index (χ0v) is 10.8. The van der Waals surface area contributed by atoms with Crippen molar-refractivity contribution >= 4 is 5.91 Å². The van der Waals surface area contributed by atoms with E-state index in [0.29, 0.717) is 18.4 Å². The summed E-state index contributed by atoms with van der Waals surface area (Å²) in [7, 11) is 0. The van der Waals surface area contributed by atoms with Crippen molar-refractivity contribution in [3.8, 4) is 0 Å². The Kier molecular flexibility index (Phi) is 5.30. The third kappa shape index (κ3) is 4.66. The molecule has 1 amide bonds. The van der Waals surface area contributed by atoms with E-state index in [1.54, 1.807) is 0 Å². The van der Waals surface area contributed by atoms with Gasteiger partial charge in [0.1, 0.15) is 0 Å². The second kappa shape index (κ2) is 7.00. The molecule has 1 aliphatic heterocycles. The van der Waals surface area contributed by atoms with Gasteiger partial charge in [-0.15, -0.1) is 0 Å². The van der Waals surface area contributed by atoms with Crippen LogP contribution >= 0.6 is 0 Å². The fourth-order valence-corrected chi connectivity index (χ4v) is 2.97. The summed E-state index contributed by atoms with van der Waals surface area (Å²) in [4.78, 5) is 11.8. The summed E-state index contributed by atoms with van der Waals surface area (Å²) in [5.41, 5.74) is 0. The number of nitrogens with one attached hydrogen (secondary N) is 1. The van der Waals surface area contributed by atoms with Gasteiger partial charge in [0.05, 0.1) is 0 Å². The molecule has 2 rings (SSSR count). The molecule has 1 radical (unpaired) electrons. The maximum absolute atomic E-state index is 11.8. The molecule has 1 atom stereocenters. The van der Waals surface area contributed by atoms with E-state index in [4.69, 9.17) is 0 Å². The van der Waals surface area contributed by atoms with Crippen molar-refractivity contribution in [2.75, 3.05) is 13.1 Å². The molecule has 1 aliphatic carbocycles. The smallest absolute Gasteiger partial charge is 0.220 e. The summed E-state index contributed by atoms with van der Waals surface area (Å²) < 4.78 is 0. The number of amides is 1. The van der Waals surface area contributed by atoms with E-state index in [-0.39, 0.29) is 5.91 Å². The number of hydrogen-bond donors (Lipinski definition) is 1. The Hall–Kier alpha value is -0.570. The van der Waals surface area contributed by atoms with E-state index in [0.717, 1.165) is 19.5 Å². The van der Waals surface area contributed by atoms with Crippen LogP contribution < -0.4 is 10.6 Å². The Bertz CT molecular complexity index is 230. The van der Waals surface area contributed by atoms with Crippen molar-refractivity contribution in [1.29, 1.82) is 0 Å². The molecule has 1 saturated heterocycles. The van der Waals surface area contributed by atoms with Crippen LogP contribution in [0.3, 0.4) is 0 Å². The van der Waals surface area contributed by atoms with Gasteiger partial charge in [-0.1, -0.05) is 19.3 Å². The minimum Gasteiger partial charge on any atom is -0.353 e. The van der Waals surface area contributed by atoms with Crippen LogP contribution in [-0.4, -0.2) is 25.0 Å². The molecule has 1 heterocycles. The Balaban J connectivity index is 1.59. The van der Waals surface area contributed by atoms with Crippen LogP contribution in [0.1, 0.15) is 57.8 Å². The largest absolute Gasteiger partial charge is 0.353 e. The van der Waals surface area contributed by atoms with Gasteiger partial charge in [-0.05, 0) is 38.0 Å². The molecular formula is C14H25N2O. The summed E-state index contributed by atoms with van der Waals surface area (Å²) in [6, 6.07) is 0.465. The summed E-state index contributed by atoms with van der Waals surface area (Å²) in [5, 5.41) is 7.61. The van der Waals surface area contributed by atoms with Crippen LogP contribution in [0.15, 0.2) is 0 Å². The zero-order valence-electron chi connectivity index (χ0n) is 10.8. The zero-order chi connectivity index (χ0) is 11.9. The Morgan fingerprint density at radius 1 is 1.12 bits per heavy atom. The molecular weight excluding hydrogens is 212 g/mol. The SMILES string of the molecule is O=C(CCC1CCC[N]C1)NC1CCCCC1. The molecule has 0 aromatic heterocycles. The average Bonchev–Trinajstić information content (AvgIpc) is 2.39. The van der Waals surface area contributed by atoms with Gasteiger partial charge in [0.2, 0.25) is 5.91 Å². The molecule has 2 aliphatic rings. The van der Waals surface area contributed by atoms with Crippen LogP contribution in [0.25, 0.3) is 0 Å². The lowest BCUT2D eigenvalue weighted by atomic mass is 9.93. The maximum atomic E-state index is 11.8. The molecule has 17 heavy (non-hydrogen) atoms. The van der Waals surface area contributed by atoms with Crippen LogP contribution in [0.2, 0.25) is 0 Å². The predicted molar refractivity (Wildman–Crippen MR) is 68.8 cm³/mol. The van der Waals surface area contributed by atoms with Gasteiger partial charge >= 0.3 is 0 Å². The van der Waals surface area contributed by atoms with Crippen molar-refractivity contribution < 1.29 is 4.79 Å². The number of piperidine rings is 1. The monoisotopic (exact) mass is 237 g/mol. The molecule has 1 saturated carbocycles. The van der Waals surface area contributed by atoms with E-state index >= 15 is 0 Å². The fraction of sp³-hybridized carbons (Fsp3) is 0.929. The number of carbonyl (C=O) groups is 1. The van der Waals surface area contributed by atoms with E-state index in [1.807, 2.05) is 0 Å². The maximum Gasteiger partial charge on any atom is 0.220 e. The van der Waals surface area contributed by atoms with Crippen molar-refractivity contribution in [3.63, 3.8) is 0 Å². The van der Waals surface area contributed by atoms with E-state index in [2.05, 4.69) is 10.6 Å². The minimum absolute atomic E-state index is 0.266. The van der Waals surface area contributed by atoms with E-state index < -0.39 is 0 Å². The van der Waals surface area contributed by atoms with Crippen molar-refractivity contribution in [1.82, 2.24) is 10.6 Å². The van der Waals surface area contributed by atoms with Gasteiger partial charge in [-0.2, -0.15) is 0 Å². The van der Waals surface area contributed by atoms with Gasteiger partial charge in [0.15, 0.2) is 0 Å². The molecule has 0 aromatic carbocycles. The van der Waals surface area contributed by atoms with Crippen molar-refractivity contribution in [3.05, 3.63) is 0 Å². The first-order chi connectivity index (χ1) is 8.34. The number of rotatable bonds is 4. The lowest BCUT2D eigenvalue weighted by Gasteiger charge is -2.24. The first kappa shape index (κ1) is 12.9. The first-order valence-corrected chi connectivity index (χ1v) is 7.27. The topological polar surface area (TPSA) is 43.2 Å². The lowest BCUT2D eigenvalue weighted by molar-refractivity contribution is -0.122. The third-order valence-corrected chi connectivity index (χ3v) is 4.07. The molecule has 0 aromatic rings. The van der Waals surface area contributed by atoms with Gasteiger partial charge < -0.3 is 5.32 Å². The van der Waals surface area contributed by atoms with Gasteiger partial charge in [-0.25, -0.2) is 5.32 Å². The highest BCUT2D eigenvalue weighted by Gasteiger charge is 2.18. The van der Waals surface area contributed by atoms with Gasteiger partial charge in [0, 0.05) is 25.6 Å². The van der Waals surface area contributed by atoms with Gasteiger partial charge in [0.25, 0.3) is 0 Å². The molecule has 97 valence electrons. The number of hydrogen-bond acceptors (Lipinski definition) is 1. The molecule has 0 spiro atoms. The molecule has 1 N–H and O–H groups in total. The predicted octanol–water partition coefficient (Wildman–Crippen LogP) is 2.23. The standard InChI is InChI=1S/C14H25N2O/c17-14(16-13-6-2-1-3-7-13)9-8-12-5-4-10-15-11-12/h12-13H,1-11H2,(H,16,17). The van der Waals surface area contributed by atoms with E-state index in [1.165, 1.54) is 44.9 Å². The number of nitrogens with zero attached hydrogens (tertiary/aromatic N) is 1. The van der Waals surface area contributed by atoms with Crippen molar-refractivity contribution in [2.45, 2.75) is 63.8 Å². The second-order valence-corrected chi connectivity index (χ2v) is 5.58. The summed E-state index contributed by atoms with van der Waals surface area (Å²) in [6.45, 7) is 2.02. The quantitative estimate of drug-likeness (QED) is 0.800. The Morgan fingerprint density at radius 3 is 2.65 bits per heavy atom. The molecule has 3 nitrogen and oxygen atoms in total. The van der Waals surface area contributed by atoms with Crippen LogP contribution in [0, 0.1) is 5.92 Å². The highest BCUT2D eigenvalue weighted by molar-refractivity contribution is 5.76. The second-order valence-electron chi connectivity index (χ2n) is 5.58. The van der Waals surface area contributed by atoms with Gasteiger partial charge in [-0.3, -0.25) is 4.79 Å². The van der Waals surface area contributed by atoms with Crippen LogP contribution in [0.5, 0.6) is 0 Å². The van der Waals surface area contributed by atoms with E-state index in [9.17, 15) is 4.79 Å². The molecule has 3 heteroatoms. The number of carbonyl (C=O) groups excluding carboxylic acids is 1. The lowest BCUT2D eigenvalue weighted by Crippen LogP contribution is -2.36. The normalized spacial score (nSPS) is 26.7. The van der Waals surface area contributed by atoms with Crippen LogP contribution in [0.4, 0.5) is 0 Å². The van der Waals surface area contributed by atoms with Crippen molar-refractivity contribution in [2.24, 2.45) is 5.92 Å². The highest BCUT2D eigenvalue weighted by atomic mass is 16.1. The minimum atomic E-state index is 0.266. The summed E-state index contributed by atoms with van der Waals surface area (Å²) >= 11 is 0. The fourth-order valence-electron chi connectivity index (χ4n) is 2.97. The third-order valence-electron chi connectivity index (χ3n) is 4.07. The average molecular weight is 237 g/mol. The summed E-state index contributed by atoms with van der Waals surface area (Å²) in [5.74, 6) is 0.934. The Labute approximate surface area is 105 Å². The first-order valence-electron chi connectivity index (χ1n) is 7.27. The Morgan fingerprint density at radius 2 is 1.94 bits per heavy atom. The molecule has 0 bridgehead atoms. The van der Waals surface area contributed by atoms with Crippen LogP contribution in [-0.2, 0) is 4.79 Å². The highest BCUT2D eigenvalue weighted by Crippen LogP contribution is 2.19.